The van der Waals surface area contributed by atoms with Crippen LogP contribution in [0.5, 0.6) is 5.75 Å². The van der Waals surface area contributed by atoms with Crippen molar-refractivity contribution in [3.05, 3.63) is 24.3 Å². The number of carbonyl (C=O) groups excluding carboxylic acids is 1. The first-order valence-corrected chi connectivity index (χ1v) is 12.5. The zero-order valence-electron chi connectivity index (χ0n) is 19.6. The molecule has 0 bridgehead atoms. The Morgan fingerprint density at radius 1 is 1.19 bits per heavy atom. The summed E-state index contributed by atoms with van der Waals surface area (Å²) in [5.74, 6) is 1.68. The highest BCUT2D eigenvalue weighted by atomic mass is 16.6. The average Bonchev–Trinajstić information content (AvgIpc) is 3.48. The van der Waals surface area contributed by atoms with Crippen molar-refractivity contribution in [2.75, 3.05) is 44.7 Å². The molecule has 7 unspecified atom stereocenters. The molecule has 0 aromatic heterocycles. The lowest BCUT2D eigenvalue weighted by molar-refractivity contribution is -0.146. The highest BCUT2D eigenvalue weighted by molar-refractivity contribution is 5.76. The van der Waals surface area contributed by atoms with Gasteiger partial charge in [0.25, 0.3) is 0 Å². The van der Waals surface area contributed by atoms with Crippen LogP contribution in [0.4, 0.5) is 5.69 Å². The first-order valence-electron chi connectivity index (χ1n) is 12.5. The molecule has 5 aliphatic rings. The molecule has 3 aliphatic heterocycles. The van der Waals surface area contributed by atoms with Crippen LogP contribution in [0, 0.1) is 23.2 Å². The maximum atomic E-state index is 13.0. The number of rotatable bonds is 4. The van der Waals surface area contributed by atoms with E-state index >= 15 is 0 Å². The third-order valence-corrected chi connectivity index (χ3v) is 9.45. The topological polar surface area (TPSA) is 54.5 Å². The van der Waals surface area contributed by atoms with Gasteiger partial charge in [0.2, 0.25) is 0 Å². The van der Waals surface area contributed by atoms with Crippen molar-refractivity contribution in [3.63, 3.8) is 0 Å². The molecule has 2 saturated carbocycles. The van der Waals surface area contributed by atoms with Crippen LogP contribution in [0.2, 0.25) is 0 Å². The SMILES string of the molecule is COc1ccccc1N1CCN(CC2C(=O)OC3CC4(C)CCCC(C)C45OC5C32)CC1. The fraction of sp³-hybridized carbons (Fsp3) is 0.731. The number of carbonyl (C=O) groups is 1. The summed E-state index contributed by atoms with van der Waals surface area (Å²) in [7, 11) is 1.73. The van der Waals surface area contributed by atoms with E-state index in [9.17, 15) is 4.79 Å². The van der Waals surface area contributed by atoms with Crippen LogP contribution in [0.15, 0.2) is 24.3 Å². The number of nitrogens with zero attached hydrogens (tertiary/aromatic N) is 2. The normalized spacial score (nSPS) is 43.2. The van der Waals surface area contributed by atoms with Crippen molar-refractivity contribution < 1.29 is 19.0 Å². The fourth-order valence-corrected chi connectivity index (χ4v) is 7.78. The van der Waals surface area contributed by atoms with Crippen molar-refractivity contribution in [1.29, 1.82) is 0 Å². The maximum absolute atomic E-state index is 13.0. The number of hydrogen-bond donors (Lipinski definition) is 0. The second-order valence-electron chi connectivity index (χ2n) is 11.0. The average molecular weight is 441 g/mol. The fourth-order valence-electron chi connectivity index (χ4n) is 7.78. The molecule has 1 spiro atoms. The number of benzene rings is 1. The lowest BCUT2D eigenvalue weighted by atomic mass is 9.53. The molecule has 1 aromatic rings. The number of fused-ring (bicyclic) bond motifs is 2. The Morgan fingerprint density at radius 2 is 1.97 bits per heavy atom. The summed E-state index contributed by atoms with van der Waals surface area (Å²) < 4.78 is 18.2. The van der Waals surface area contributed by atoms with Gasteiger partial charge in [0.05, 0.1) is 24.8 Å². The van der Waals surface area contributed by atoms with Gasteiger partial charge in [0.1, 0.15) is 17.5 Å². The molecule has 1 aromatic carbocycles. The number of anilines is 1. The molecule has 6 nitrogen and oxygen atoms in total. The van der Waals surface area contributed by atoms with Gasteiger partial charge in [-0.3, -0.25) is 9.69 Å². The van der Waals surface area contributed by atoms with E-state index in [1.807, 2.05) is 12.1 Å². The van der Waals surface area contributed by atoms with Crippen LogP contribution < -0.4 is 9.64 Å². The summed E-state index contributed by atoms with van der Waals surface area (Å²) in [4.78, 5) is 17.8. The van der Waals surface area contributed by atoms with Gasteiger partial charge in [0.15, 0.2) is 0 Å². The third kappa shape index (κ3) is 2.88. The molecule has 174 valence electrons. The summed E-state index contributed by atoms with van der Waals surface area (Å²) >= 11 is 0. The Morgan fingerprint density at radius 3 is 2.75 bits per heavy atom. The number of esters is 1. The molecular weight excluding hydrogens is 404 g/mol. The highest BCUT2D eigenvalue weighted by Crippen LogP contribution is 2.70. The molecule has 2 aliphatic carbocycles. The first kappa shape index (κ1) is 20.8. The summed E-state index contributed by atoms with van der Waals surface area (Å²) in [6, 6.07) is 8.22. The van der Waals surface area contributed by atoms with E-state index in [4.69, 9.17) is 14.2 Å². The van der Waals surface area contributed by atoms with Gasteiger partial charge >= 0.3 is 5.97 Å². The monoisotopic (exact) mass is 440 g/mol. The van der Waals surface area contributed by atoms with Crippen LogP contribution in [0.25, 0.3) is 0 Å². The zero-order valence-corrected chi connectivity index (χ0v) is 19.6. The van der Waals surface area contributed by atoms with Crippen molar-refractivity contribution in [1.82, 2.24) is 4.90 Å². The van der Waals surface area contributed by atoms with Gasteiger partial charge in [-0.15, -0.1) is 0 Å². The lowest BCUT2D eigenvalue weighted by Crippen LogP contribution is -2.55. The maximum Gasteiger partial charge on any atom is 0.311 e. The summed E-state index contributed by atoms with van der Waals surface area (Å²) in [6.45, 7) is 9.32. The Hall–Kier alpha value is -1.79. The van der Waals surface area contributed by atoms with E-state index in [-0.39, 0.29) is 41.0 Å². The zero-order chi connectivity index (χ0) is 22.1. The van der Waals surface area contributed by atoms with E-state index in [1.54, 1.807) is 7.11 Å². The Labute approximate surface area is 191 Å². The Balaban J connectivity index is 1.14. The quantitative estimate of drug-likeness (QED) is 0.529. The molecule has 3 saturated heterocycles. The molecule has 0 amide bonds. The number of ether oxygens (including phenoxy) is 3. The first-order chi connectivity index (χ1) is 15.5. The van der Waals surface area contributed by atoms with E-state index in [2.05, 4.69) is 35.8 Å². The minimum atomic E-state index is -0.0548. The van der Waals surface area contributed by atoms with Gasteiger partial charge in [-0.2, -0.15) is 0 Å². The van der Waals surface area contributed by atoms with E-state index in [0.29, 0.717) is 5.92 Å². The summed E-state index contributed by atoms with van der Waals surface area (Å²) in [6.07, 6.45) is 4.92. The number of epoxide rings is 1. The summed E-state index contributed by atoms with van der Waals surface area (Å²) in [5.41, 5.74) is 1.30. The van der Waals surface area contributed by atoms with Gasteiger partial charge < -0.3 is 19.1 Å². The van der Waals surface area contributed by atoms with E-state index in [0.717, 1.165) is 50.6 Å². The molecular formula is C26H36N2O4. The van der Waals surface area contributed by atoms with E-state index < -0.39 is 0 Å². The van der Waals surface area contributed by atoms with Gasteiger partial charge in [0, 0.05) is 44.1 Å². The minimum Gasteiger partial charge on any atom is -0.495 e. The van der Waals surface area contributed by atoms with Gasteiger partial charge in [-0.25, -0.2) is 0 Å². The minimum absolute atomic E-state index is 0.00714. The van der Waals surface area contributed by atoms with Crippen molar-refractivity contribution in [2.24, 2.45) is 23.2 Å². The van der Waals surface area contributed by atoms with Crippen LogP contribution in [-0.4, -0.2) is 68.5 Å². The molecule has 32 heavy (non-hydrogen) atoms. The van der Waals surface area contributed by atoms with E-state index in [1.165, 1.54) is 19.3 Å². The van der Waals surface area contributed by atoms with Crippen LogP contribution in [0.3, 0.4) is 0 Å². The Kier molecular flexibility index (Phi) is 4.78. The highest BCUT2D eigenvalue weighted by Gasteiger charge is 2.78. The van der Waals surface area contributed by atoms with Gasteiger partial charge in [-0.05, 0) is 37.3 Å². The molecule has 7 atom stereocenters. The molecule has 0 radical (unpaired) electrons. The second-order valence-corrected chi connectivity index (χ2v) is 11.0. The van der Waals surface area contributed by atoms with Gasteiger partial charge in [-0.1, -0.05) is 32.4 Å². The van der Waals surface area contributed by atoms with Crippen LogP contribution in [0.1, 0.15) is 39.5 Å². The molecule has 6 rings (SSSR count). The number of methoxy groups -OCH3 is 1. The smallest absolute Gasteiger partial charge is 0.311 e. The molecule has 3 heterocycles. The predicted octanol–water partition coefficient (Wildman–Crippen LogP) is 3.34. The number of piperazine rings is 1. The second kappa shape index (κ2) is 7.36. The van der Waals surface area contributed by atoms with Crippen molar-refractivity contribution in [2.45, 2.75) is 57.3 Å². The molecule has 6 heteroatoms. The molecule has 0 N–H and O–H groups in total. The van der Waals surface area contributed by atoms with Crippen molar-refractivity contribution >= 4 is 11.7 Å². The summed E-state index contributed by atoms with van der Waals surface area (Å²) in [5, 5.41) is 0. The van der Waals surface area contributed by atoms with Crippen LogP contribution >= 0.6 is 0 Å². The molecule has 5 fully saturated rings. The standard InChI is InChI=1S/C26H36N2O4/c1-17-7-6-10-25(2)15-21-22(23-26(17,25)32-23)18(24(29)31-21)16-27-11-13-28(14-12-27)19-8-4-5-9-20(19)30-3/h4-5,8-9,17-18,21-23H,6-7,10-16H2,1-3H3. The number of hydrogen-bond acceptors (Lipinski definition) is 6. The van der Waals surface area contributed by atoms with Crippen LogP contribution in [-0.2, 0) is 14.3 Å². The Bertz CT molecular complexity index is 900. The predicted molar refractivity (Wildman–Crippen MR) is 122 cm³/mol. The largest absolute Gasteiger partial charge is 0.495 e. The lowest BCUT2D eigenvalue weighted by Gasteiger charge is -2.49. The third-order valence-electron chi connectivity index (χ3n) is 9.45. The number of para-hydroxylation sites is 2. The van der Waals surface area contributed by atoms with Crippen molar-refractivity contribution in [3.8, 4) is 5.75 Å².